The summed E-state index contributed by atoms with van der Waals surface area (Å²) in [4.78, 5) is 14.8. The molecular formula is C21H34N4O4S. The standard InChI is InChI=1S/C21H34N4O4S/c1-2-30(27,28)25-13-7-6-10-18(25)20-23-22-19(29-20)16-11-14-24(15-12-16)21(26)17-8-4-3-5-9-17/h16-18H,2-15H2,1H3. The van der Waals surface area contributed by atoms with E-state index in [0.29, 0.717) is 24.2 Å². The van der Waals surface area contributed by atoms with Crippen molar-refractivity contribution in [3.05, 3.63) is 11.8 Å². The third kappa shape index (κ3) is 4.56. The Hall–Kier alpha value is -1.48. The minimum atomic E-state index is -3.30. The molecule has 0 spiro atoms. The number of carbonyl (C=O) groups excluding carboxylic acids is 1. The van der Waals surface area contributed by atoms with Crippen molar-refractivity contribution in [2.75, 3.05) is 25.4 Å². The second kappa shape index (κ2) is 9.34. The lowest BCUT2D eigenvalue weighted by Gasteiger charge is -2.34. The number of hydrogen-bond acceptors (Lipinski definition) is 6. The molecule has 1 aromatic rings. The molecule has 168 valence electrons. The molecular weight excluding hydrogens is 404 g/mol. The van der Waals surface area contributed by atoms with Gasteiger partial charge in [0.25, 0.3) is 0 Å². The highest BCUT2D eigenvalue weighted by Gasteiger charge is 2.37. The van der Waals surface area contributed by atoms with Crippen LogP contribution in [0.15, 0.2) is 4.42 Å². The van der Waals surface area contributed by atoms with Crippen molar-refractivity contribution in [1.29, 1.82) is 0 Å². The molecule has 1 amide bonds. The average Bonchev–Trinajstić information content (AvgIpc) is 3.29. The van der Waals surface area contributed by atoms with Gasteiger partial charge in [0.05, 0.1) is 5.75 Å². The van der Waals surface area contributed by atoms with Gasteiger partial charge in [-0.2, -0.15) is 4.31 Å². The van der Waals surface area contributed by atoms with E-state index in [2.05, 4.69) is 10.2 Å². The predicted molar refractivity (Wildman–Crippen MR) is 112 cm³/mol. The highest BCUT2D eigenvalue weighted by atomic mass is 32.2. The van der Waals surface area contributed by atoms with Crippen molar-refractivity contribution in [2.24, 2.45) is 5.92 Å². The van der Waals surface area contributed by atoms with E-state index in [1.807, 2.05) is 4.90 Å². The number of rotatable bonds is 5. The highest BCUT2D eigenvalue weighted by Crippen LogP contribution is 2.35. The quantitative estimate of drug-likeness (QED) is 0.700. The number of amides is 1. The summed E-state index contributed by atoms with van der Waals surface area (Å²) < 4.78 is 32.5. The summed E-state index contributed by atoms with van der Waals surface area (Å²) >= 11 is 0. The van der Waals surface area contributed by atoms with Crippen LogP contribution in [0.2, 0.25) is 0 Å². The summed E-state index contributed by atoms with van der Waals surface area (Å²) in [6, 6.07) is -0.349. The van der Waals surface area contributed by atoms with Crippen molar-refractivity contribution in [2.45, 2.75) is 83.1 Å². The normalized spacial score (nSPS) is 25.5. The van der Waals surface area contributed by atoms with Gasteiger partial charge in [0.1, 0.15) is 6.04 Å². The lowest BCUT2D eigenvalue weighted by atomic mass is 9.87. The van der Waals surface area contributed by atoms with Crippen molar-refractivity contribution < 1.29 is 17.6 Å². The number of hydrogen-bond donors (Lipinski definition) is 0. The summed E-state index contributed by atoms with van der Waals surface area (Å²) in [7, 11) is -3.30. The number of aromatic nitrogens is 2. The first kappa shape index (κ1) is 21.7. The minimum Gasteiger partial charge on any atom is -0.423 e. The molecule has 1 saturated carbocycles. The van der Waals surface area contributed by atoms with Crippen LogP contribution < -0.4 is 0 Å². The van der Waals surface area contributed by atoms with Crippen molar-refractivity contribution in [1.82, 2.24) is 19.4 Å². The lowest BCUT2D eigenvalue weighted by Crippen LogP contribution is -2.41. The molecule has 2 saturated heterocycles. The van der Waals surface area contributed by atoms with Gasteiger partial charge in [-0.1, -0.05) is 25.7 Å². The first-order chi connectivity index (χ1) is 14.5. The summed E-state index contributed by atoms with van der Waals surface area (Å²) in [6.45, 7) is 3.65. The molecule has 1 aliphatic carbocycles. The molecule has 1 unspecified atom stereocenters. The number of sulfonamides is 1. The zero-order chi connectivity index (χ0) is 21.1. The lowest BCUT2D eigenvalue weighted by molar-refractivity contribution is -0.137. The SMILES string of the molecule is CCS(=O)(=O)N1CCCCC1c1nnc(C2CCN(C(=O)C3CCCCC3)CC2)o1. The van der Waals surface area contributed by atoms with Crippen LogP contribution in [0.4, 0.5) is 0 Å². The Morgan fingerprint density at radius 3 is 2.30 bits per heavy atom. The third-order valence-electron chi connectivity index (χ3n) is 7.03. The molecule has 1 aromatic heterocycles. The highest BCUT2D eigenvalue weighted by molar-refractivity contribution is 7.89. The van der Waals surface area contributed by atoms with E-state index >= 15 is 0 Å². The second-order valence-electron chi connectivity index (χ2n) is 8.94. The van der Waals surface area contributed by atoms with Crippen LogP contribution in [0, 0.1) is 5.92 Å². The first-order valence-electron chi connectivity index (χ1n) is 11.6. The maximum Gasteiger partial charge on any atom is 0.234 e. The molecule has 3 aliphatic rings. The van der Waals surface area contributed by atoms with Gasteiger partial charge in [0.15, 0.2) is 0 Å². The van der Waals surface area contributed by atoms with E-state index in [4.69, 9.17) is 4.42 Å². The summed E-state index contributed by atoms with van der Waals surface area (Å²) in [5, 5.41) is 8.51. The monoisotopic (exact) mass is 438 g/mol. The van der Waals surface area contributed by atoms with Gasteiger partial charge < -0.3 is 9.32 Å². The molecule has 2 aliphatic heterocycles. The molecule has 1 atom stereocenters. The Kier molecular flexibility index (Phi) is 6.77. The Labute approximate surface area is 179 Å². The number of likely N-dealkylation sites (tertiary alicyclic amines) is 1. The average molecular weight is 439 g/mol. The van der Waals surface area contributed by atoms with E-state index in [9.17, 15) is 13.2 Å². The Morgan fingerprint density at radius 1 is 0.933 bits per heavy atom. The zero-order valence-corrected chi connectivity index (χ0v) is 18.8. The van der Waals surface area contributed by atoms with E-state index in [0.717, 1.165) is 58.0 Å². The van der Waals surface area contributed by atoms with Crippen LogP contribution in [-0.4, -0.2) is 59.1 Å². The van der Waals surface area contributed by atoms with Crippen LogP contribution >= 0.6 is 0 Å². The molecule has 8 nitrogen and oxygen atoms in total. The largest absolute Gasteiger partial charge is 0.423 e. The van der Waals surface area contributed by atoms with Gasteiger partial charge in [0, 0.05) is 31.5 Å². The molecule has 0 radical (unpaired) electrons. The van der Waals surface area contributed by atoms with Crippen molar-refractivity contribution >= 4 is 15.9 Å². The molecule has 3 fully saturated rings. The molecule has 9 heteroatoms. The minimum absolute atomic E-state index is 0.0813. The van der Waals surface area contributed by atoms with E-state index in [-0.39, 0.29) is 23.6 Å². The van der Waals surface area contributed by atoms with Crippen LogP contribution in [0.25, 0.3) is 0 Å². The van der Waals surface area contributed by atoms with Gasteiger partial charge in [0.2, 0.25) is 27.7 Å². The van der Waals surface area contributed by atoms with Crippen molar-refractivity contribution in [3.8, 4) is 0 Å². The van der Waals surface area contributed by atoms with Gasteiger partial charge >= 0.3 is 0 Å². The van der Waals surface area contributed by atoms with Gasteiger partial charge in [-0.3, -0.25) is 4.79 Å². The molecule has 4 rings (SSSR count). The molecule has 30 heavy (non-hydrogen) atoms. The molecule has 3 heterocycles. The Balaban J connectivity index is 1.38. The predicted octanol–water partition coefficient (Wildman–Crippen LogP) is 3.23. The molecule has 0 aromatic carbocycles. The van der Waals surface area contributed by atoms with Gasteiger partial charge in [-0.05, 0) is 45.4 Å². The maximum atomic E-state index is 12.8. The fourth-order valence-corrected chi connectivity index (χ4v) is 6.47. The van der Waals surface area contributed by atoms with E-state index in [1.165, 1.54) is 19.3 Å². The number of carbonyl (C=O) groups is 1. The number of piperidine rings is 2. The van der Waals surface area contributed by atoms with Crippen LogP contribution in [-0.2, 0) is 14.8 Å². The van der Waals surface area contributed by atoms with Crippen LogP contribution in [0.5, 0.6) is 0 Å². The summed E-state index contributed by atoms with van der Waals surface area (Å²) in [5.74, 6) is 1.76. The van der Waals surface area contributed by atoms with E-state index in [1.54, 1.807) is 11.2 Å². The Morgan fingerprint density at radius 2 is 1.60 bits per heavy atom. The zero-order valence-electron chi connectivity index (χ0n) is 18.0. The van der Waals surface area contributed by atoms with Gasteiger partial charge in [-0.25, -0.2) is 8.42 Å². The fourth-order valence-electron chi connectivity index (χ4n) is 5.15. The van der Waals surface area contributed by atoms with Crippen molar-refractivity contribution in [3.63, 3.8) is 0 Å². The Bertz CT molecular complexity index is 826. The van der Waals surface area contributed by atoms with Gasteiger partial charge in [-0.15, -0.1) is 10.2 Å². The third-order valence-corrected chi connectivity index (χ3v) is 8.91. The second-order valence-corrected chi connectivity index (χ2v) is 11.1. The molecule has 0 N–H and O–H groups in total. The molecule has 0 bridgehead atoms. The van der Waals surface area contributed by atoms with Crippen LogP contribution in [0.1, 0.15) is 94.9 Å². The van der Waals surface area contributed by atoms with E-state index < -0.39 is 10.0 Å². The number of nitrogens with zero attached hydrogens (tertiary/aromatic N) is 4. The maximum absolute atomic E-state index is 12.8. The summed E-state index contributed by atoms with van der Waals surface area (Å²) in [6.07, 6.45) is 9.84. The van der Waals surface area contributed by atoms with Crippen LogP contribution in [0.3, 0.4) is 0 Å². The smallest absolute Gasteiger partial charge is 0.234 e. The first-order valence-corrected chi connectivity index (χ1v) is 13.2. The topological polar surface area (TPSA) is 96.6 Å². The fraction of sp³-hybridized carbons (Fsp3) is 0.857. The summed E-state index contributed by atoms with van der Waals surface area (Å²) in [5.41, 5.74) is 0.